The molecule has 0 amide bonds. The molecule has 1 N–H and O–H groups in total. The number of phenols is 1. The van der Waals surface area contributed by atoms with Gasteiger partial charge in [-0.25, -0.2) is 9.59 Å². The summed E-state index contributed by atoms with van der Waals surface area (Å²) in [6, 6.07) is 1.47. The Balaban J connectivity index is 2.92. The van der Waals surface area contributed by atoms with Crippen LogP contribution in [0.4, 0.5) is 0 Å². The zero-order chi connectivity index (χ0) is 16.6. The Hall–Kier alpha value is -2.63. The van der Waals surface area contributed by atoms with Gasteiger partial charge in [-0.1, -0.05) is 0 Å². The summed E-state index contributed by atoms with van der Waals surface area (Å²) >= 11 is 0. The van der Waals surface area contributed by atoms with Gasteiger partial charge >= 0.3 is 11.6 Å². The molecule has 22 heavy (non-hydrogen) atoms. The summed E-state index contributed by atoms with van der Waals surface area (Å²) in [5.74, 6) is -1.49. The predicted molar refractivity (Wildman–Crippen MR) is 79.6 cm³/mol. The van der Waals surface area contributed by atoms with E-state index in [1.807, 2.05) is 0 Å². The highest BCUT2D eigenvalue weighted by Crippen LogP contribution is 2.34. The zero-order valence-corrected chi connectivity index (χ0v) is 12.8. The molecule has 0 saturated carbocycles. The van der Waals surface area contributed by atoms with Crippen LogP contribution in [-0.2, 0) is 4.74 Å². The third-order valence-electron chi connectivity index (χ3n) is 3.45. The van der Waals surface area contributed by atoms with Crippen molar-refractivity contribution in [1.29, 1.82) is 0 Å². The number of carbonyl (C=O) groups excluding carboxylic acids is 2. The molecule has 116 valence electrons. The lowest BCUT2D eigenvalue weighted by Crippen LogP contribution is -2.15. The fraction of sp³-hybridized carbons (Fsp3) is 0.312. The number of hydrogen-bond acceptors (Lipinski definition) is 6. The molecule has 0 spiro atoms. The summed E-state index contributed by atoms with van der Waals surface area (Å²) < 4.78 is 10.0. The van der Waals surface area contributed by atoms with Gasteiger partial charge in [-0.05, 0) is 44.9 Å². The molecule has 0 saturated heterocycles. The molecule has 6 nitrogen and oxygen atoms in total. The van der Waals surface area contributed by atoms with Gasteiger partial charge in [0, 0.05) is 0 Å². The fourth-order valence-electron chi connectivity index (χ4n) is 2.51. The number of benzene rings is 1. The highest BCUT2D eigenvalue weighted by molar-refractivity contribution is 6.05. The van der Waals surface area contributed by atoms with E-state index in [1.165, 1.54) is 19.9 Å². The van der Waals surface area contributed by atoms with Crippen LogP contribution in [-0.4, -0.2) is 23.5 Å². The minimum atomic E-state index is -0.764. The first-order valence-corrected chi connectivity index (χ1v) is 6.77. The van der Waals surface area contributed by atoms with Gasteiger partial charge in [-0.15, -0.1) is 0 Å². The van der Waals surface area contributed by atoms with Crippen LogP contribution in [0.15, 0.2) is 15.3 Å². The lowest BCUT2D eigenvalue weighted by Gasteiger charge is -2.12. The lowest BCUT2D eigenvalue weighted by molar-refractivity contribution is 0.0522. The van der Waals surface area contributed by atoms with E-state index in [0.717, 1.165) is 0 Å². The van der Waals surface area contributed by atoms with Crippen LogP contribution in [0.3, 0.4) is 0 Å². The zero-order valence-electron chi connectivity index (χ0n) is 12.8. The number of ether oxygens (including phenoxy) is 1. The number of esters is 1. The molecule has 1 heterocycles. The molecular formula is C16H16O6. The van der Waals surface area contributed by atoms with Gasteiger partial charge in [0.05, 0.1) is 12.0 Å². The van der Waals surface area contributed by atoms with Crippen molar-refractivity contribution in [3.63, 3.8) is 0 Å². The minimum Gasteiger partial charge on any atom is -0.506 e. The van der Waals surface area contributed by atoms with E-state index in [4.69, 9.17) is 9.15 Å². The normalized spacial score (nSPS) is 10.7. The van der Waals surface area contributed by atoms with E-state index in [1.54, 1.807) is 13.8 Å². The van der Waals surface area contributed by atoms with Gasteiger partial charge in [-0.2, -0.15) is 0 Å². The van der Waals surface area contributed by atoms with Gasteiger partial charge in [0.1, 0.15) is 22.5 Å². The van der Waals surface area contributed by atoms with Crippen LogP contribution >= 0.6 is 0 Å². The molecule has 0 aliphatic heterocycles. The van der Waals surface area contributed by atoms with Crippen LogP contribution in [0.2, 0.25) is 0 Å². The topological polar surface area (TPSA) is 93.8 Å². The fourth-order valence-corrected chi connectivity index (χ4v) is 2.51. The molecule has 0 atom stereocenters. The molecule has 1 aromatic heterocycles. The molecule has 2 rings (SSSR count). The van der Waals surface area contributed by atoms with Crippen molar-refractivity contribution in [2.75, 3.05) is 6.61 Å². The standard InChI is InChI=1S/C16H16O6/c1-5-21-15(19)11-7(2)6-10-13(14(11)18)8(3)12(9(4)17)16(20)22-10/h6,18H,5H2,1-4H3. The van der Waals surface area contributed by atoms with Gasteiger partial charge in [0.25, 0.3) is 0 Å². The van der Waals surface area contributed by atoms with E-state index in [-0.39, 0.29) is 40.0 Å². The number of aromatic hydroxyl groups is 1. The van der Waals surface area contributed by atoms with E-state index >= 15 is 0 Å². The van der Waals surface area contributed by atoms with E-state index in [2.05, 4.69) is 0 Å². The number of hydrogen-bond donors (Lipinski definition) is 1. The Morgan fingerprint density at radius 3 is 2.45 bits per heavy atom. The summed E-state index contributed by atoms with van der Waals surface area (Å²) in [5, 5.41) is 10.6. The largest absolute Gasteiger partial charge is 0.506 e. The van der Waals surface area contributed by atoms with Crippen molar-refractivity contribution in [3.05, 3.63) is 38.7 Å². The minimum absolute atomic E-state index is 0.000742. The number of carbonyl (C=O) groups is 2. The first-order chi connectivity index (χ1) is 10.3. The maximum atomic E-state index is 12.0. The maximum Gasteiger partial charge on any atom is 0.347 e. The monoisotopic (exact) mass is 304 g/mol. The SMILES string of the molecule is CCOC(=O)c1c(C)cc2oc(=O)c(C(C)=O)c(C)c2c1O. The Morgan fingerprint density at radius 2 is 1.91 bits per heavy atom. The third kappa shape index (κ3) is 2.36. The first kappa shape index (κ1) is 15.8. The summed E-state index contributed by atoms with van der Waals surface area (Å²) in [7, 11) is 0. The molecule has 0 aliphatic rings. The Kier molecular flexibility index (Phi) is 4.03. The summed E-state index contributed by atoms with van der Waals surface area (Å²) in [4.78, 5) is 35.5. The van der Waals surface area contributed by atoms with Crippen molar-refractivity contribution in [1.82, 2.24) is 0 Å². The Bertz CT molecular complexity index is 844. The van der Waals surface area contributed by atoms with Gasteiger partial charge in [-0.3, -0.25) is 4.79 Å². The van der Waals surface area contributed by atoms with Gasteiger partial charge < -0.3 is 14.3 Å². The number of phenolic OH excluding ortho intramolecular Hbond substituents is 1. The van der Waals surface area contributed by atoms with E-state index < -0.39 is 17.4 Å². The van der Waals surface area contributed by atoms with Crippen LogP contribution in [0.1, 0.15) is 45.7 Å². The quantitative estimate of drug-likeness (QED) is 0.532. The molecular weight excluding hydrogens is 288 g/mol. The summed E-state index contributed by atoms with van der Waals surface area (Å²) in [6.07, 6.45) is 0. The molecule has 2 aromatic rings. The van der Waals surface area contributed by atoms with Crippen LogP contribution < -0.4 is 5.63 Å². The number of ketones is 1. The van der Waals surface area contributed by atoms with Gasteiger partial charge in [0.2, 0.25) is 0 Å². The molecule has 6 heteroatoms. The van der Waals surface area contributed by atoms with Crippen molar-refractivity contribution >= 4 is 22.7 Å². The highest BCUT2D eigenvalue weighted by atomic mass is 16.5. The summed E-state index contributed by atoms with van der Waals surface area (Å²) in [5.41, 5.74) is -0.0821. The van der Waals surface area contributed by atoms with Gasteiger partial charge in [0.15, 0.2) is 5.78 Å². The number of aryl methyl sites for hydroxylation is 2. The number of rotatable bonds is 3. The maximum absolute atomic E-state index is 12.0. The average Bonchev–Trinajstić information content (AvgIpc) is 2.37. The molecule has 0 fully saturated rings. The Morgan fingerprint density at radius 1 is 1.27 bits per heavy atom. The van der Waals surface area contributed by atoms with Crippen molar-refractivity contribution in [2.45, 2.75) is 27.7 Å². The van der Waals surface area contributed by atoms with E-state index in [0.29, 0.717) is 5.56 Å². The molecule has 1 aromatic carbocycles. The summed E-state index contributed by atoms with van der Waals surface area (Å²) in [6.45, 7) is 6.18. The number of Topliss-reactive ketones (excluding diaryl/α,β-unsaturated/α-hetero) is 1. The number of fused-ring (bicyclic) bond motifs is 1. The van der Waals surface area contributed by atoms with Crippen LogP contribution in [0, 0.1) is 13.8 Å². The molecule has 0 radical (unpaired) electrons. The average molecular weight is 304 g/mol. The third-order valence-corrected chi connectivity index (χ3v) is 3.45. The second-order valence-corrected chi connectivity index (χ2v) is 4.96. The molecule has 0 bridgehead atoms. The van der Waals surface area contributed by atoms with E-state index in [9.17, 15) is 19.5 Å². The second-order valence-electron chi connectivity index (χ2n) is 4.96. The first-order valence-electron chi connectivity index (χ1n) is 6.77. The van der Waals surface area contributed by atoms with Crippen molar-refractivity contribution < 1.29 is 23.8 Å². The van der Waals surface area contributed by atoms with Crippen molar-refractivity contribution in [3.8, 4) is 5.75 Å². The second kappa shape index (κ2) is 5.63. The Labute approximate surface area is 126 Å². The lowest BCUT2D eigenvalue weighted by atomic mass is 9.98. The van der Waals surface area contributed by atoms with Crippen LogP contribution in [0.25, 0.3) is 11.0 Å². The predicted octanol–water partition coefficient (Wildman–Crippen LogP) is 2.49. The molecule has 0 aliphatic carbocycles. The highest BCUT2D eigenvalue weighted by Gasteiger charge is 2.24. The smallest absolute Gasteiger partial charge is 0.347 e. The van der Waals surface area contributed by atoms with Crippen molar-refractivity contribution in [2.24, 2.45) is 0 Å². The molecule has 0 unspecified atom stereocenters. The van der Waals surface area contributed by atoms with Crippen LogP contribution in [0.5, 0.6) is 5.75 Å².